The molecule has 2 aromatic rings. The molecule has 1 fully saturated rings. The zero-order valence-corrected chi connectivity index (χ0v) is 20.3. The number of hydrogen-bond acceptors (Lipinski definition) is 4. The lowest BCUT2D eigenvalue weighted by atomic mass is 9.77. The summed E-state index contributed by atoms with van der Waals surface area (Å²) in [6.07, 6.45) is 13.7. The summed E-state index contributed by atoms with van der Waals surface area (Å²) >= 11 is 0. The van der Waals surface area contributed by atoms with Gasteiger partial charge in [-0.3, -0.25) is 9.98 Å². The highest BCUT2D eigenvalue weighted by Gasteiger charge is 2.25. The van der Waals surface area contributed by atoms with Gasteiger partial charge in [-0.05, 0) is 75.3 Å². The van der Waals surface area contributed by atoms with E-state index in [1.54, 1.807) is 30.1 Å². The summed E-state index contributed by atoms with van der Waals surface area (Å²) < 4.78 is 15.0. The Morgan fingerprint density at radius 1 is 1.21 bits per heavy atom. The van der Waals surface area contributed by atoms with Gasteiger partial charge < -0.3 is 5.73 Å². The van der Waals surface area contributed by atoms with Crippen molar-refractivity contribution >= 4 is 17.5 Å². The van der Waals surface area contributed by atoms with Gasteiger partial charge in [0.2, 0.25) is 0 Å². The molecule has 1 saturated carbocycles. The van der Waals surface area contributed by atoms with Crippen molar-refractivity contribution < 1.29 is 4.39 Å². The quantitative estimate of drug-likeness (QED) is 0.502. The summed E-state index contributed by atoms with van der Waals surface area (Å²) in [5, 5.41) is 4.47. The fourth-order valence-electron chi connectivity index (χ4n) is 4.58. The summed E-state index contributed by atoms with van der Waals surface area (Å²) in [7, 11) is 1.76. The van der Waals surface area contributed by atoms with Crippen LogP contribution in [0, 0.1) is 17.7 Å². The first-order valence-electron chi connectivity index (χ1n) is 11.9. The first kappa shape index (κ1) is 24.8. The highest BCUT2D eigenvalue weighted by atomic mass is 19.1. The van der Waals surface area contributed by atoms with Crippen LogP contribution in [0.1, 0.15) is 58.4 Å². The third-order valence-corrected chi connectivity index (χ3v) is 6.63. The van der Waals surface area contributed by atoms with Crippen LogP contribution in [0.3, 0.4) is 0 Å². The van der Waals surface area contributed by atoms with E-state index < -0.39 is 0 Å². The van der Waals surface area contributed by atoms with E-state index in [2.05, 4.69) is 23.1 Å². The molecule has 176 valence electrons. The molecule has 5 nitrogen and oxygen atoms in total. The van der Waals surface area contributed by atoms with E-state index in [-0.39, 0.29) is 5.82 Å². The Bertz CT molecular complexity index is 1030. The van der Waals surface area contributed by atoms with E-state index in [9.17, 15) is 4.39 Å². The molecule has 33 heavy (non-hydrogen) atoms. The summed E-state index contributed by atoms with van der Waals surface area (Å²) in [6.45, 7) is 6.83. The van der Waals surface area contributed by atoms with E-state index in [1.165, 1.54) is 31.4 Å². The van der Waals surface area contributed by atoms with Crippen LogP contribution >= 0.6 is 0 Å². The van der Waals surface area contributed by atoms with Crippen molar-refractivity contribution in [1.82, 2.24) is 9.78 Å². The van der Waals surface area contributed by atoms with Crippen LogP contribution < -0.4 is 5.73 Å². The fraction of sp³-hybridized carbons (Fsp3) is 0.444. The van der Waals surface area contributed by atoms with E-state index in [1.807, 2.05) is 26.3 Å². The third kappa shape index (κ3) is 6.14. The number of aliphatic imine (C=N–C) groups is 2. The van der Waals surface area contributed by atoms with Crippen LogP contribution in [0.4, 0.5) is 4.39 Å². The van der Waals surface area contributed by atoms with Gasteiger partial charge in [0.1, 0.15) is 5.82 Å². The second kappa shape index (κ2) is 11.8. The minimum atomic E-state index is -0.268. The number of benzene rings is 1. The van der Waals surface area contributed by atoms with Crippen molar-refractivity contribution in [3.63, 3.8) is 0 Å². The van der Waals surface area contributed by atoms with E-state index >= 15 is 0 Å². The van der Waals surface area contributed by atoms with Gasteiger partial charge in [-0.15, -0.1) is 0 Å². The molecular weight excluding hydrogens is 413 g/mol. The maximum atomic E-state index is 13.3. The largest absolute Gasteiger partial charge is 0.326 e. The number of nitrogens with zero attached hydrogens (tertiary/aromatic N) is 4. The number of hydrogen-bond donors (Lipinski definition) is 1. The van der Waals surface area contributed by atoms with Crippen LogP contribution in [0.25, 0.3) is 11.3 Å². The Morgan fingerprint density at radius 2 is 1.91 bits per heavy atom. The topological polar surface area (TPSA) is 68.6 Å². The maximum Gasteiger partial charge on any atom is 0.123 e. The normalized spacial score (nSPS) is 20.9. The van der Waals surface area contributed by atoms with Crippen molar-refractivity contribution in [2.75, 3.05) is 13.6 Å². The molecule has 1 aromatic carbocycles. The molecule has 2 N–H and O–H groups in total. The average Bonchev–Trinajstić information content (AvgIpc) is 3.33. The van der Waals surface area contributed by atoms with Gasteiger partial charge in [-0.1, -0.05) is 19.4 Å². The molecule has 6 heteroatoms. The Morgan fingerprint density at radius 3 is 2.48 bits per heavy atom. The molecule has 0 saturated heterocycles. The van der Waals surface area contributed by atoms with Crippen molar-refractivity contribution in [2.24, 2.45) is 27.6 Å². The van der Waals surface area contributed by atoms with Crippen LogP contribution in [0.2, 0.25) is 0 Å². The van der Waals surface area contributed by atoms with Gasteiger partial charge in [0.15, 0.2) is 0 Å². The lowest BCUT2D eigenvalue weighted by molar-refractivity contribution is 0.315. The second-order valence-electron chi connectivity index (χ2n) is 8.68. The molecule has 0 amide bonds. The van der Waals surface area contributed by atoms with Gasteiger partial charge in [-0.25, -0.2) is 9.07 Å². The number of rotatable bonds is 8. The number of nitrogens with two attached hydrogens (primary N) is 1. The lowest BCUT2D eigenvalue weighted by Gasteiger charge is -2.29. The molecule has 0 bridgehead atoms. The lowest BCUT2D eigenvalue weighted by Crippen LogP contribution is -2.26. The number of allylic oxidation sites excluding steroid dienone is 3. The molecule has 1 heterocycles. The van der Waals surface area contributed by atoms with Crippen LogP contribution in [-0.4, -0.2) is 35.3 Å². The molecule has 0 unspecified atom stereocenters. The fourth-order valence-corrected chi connectivity index (χ4v) is 4.58. The van der Waals surface area contributed by atoms with Gasteiger partial charge in [0, 0.05) is 54.5 Å². The predicted octanol–water partition coefficient (Wildman–Crippen LogP) is 6.01. The zero-order valence-electron chi connectivity index (χ0n) is 20.3. The third-order valence-electron chi connectivity index (χ3n) is 6.63. The van der Waals surface area contributed by atoms with Crippen molar-refractivity contribution in [3.8, 4) is 5.69 Å². The summed E-state index contributed by atoms with van der Waals surface area (Å²) in [5.41, 5.74) is 11.8. The SMILES string of the molecule is C\C=C(CN)/C(=N\C(C)=C(\C=NC)c1cnn(-c2ccc(F)cc2)c1)C1CCC(CC)CC1. The predicted molar refractivity (Wildman–Crippen MR) is 137 cm³/mol. The maximum absolute atomic E-state index is 13.3. The number of halogens is 1. The molecule has 0 radical (unpaired) electrons. The standard InChI is InChI=1S/C27H36FN5/c1-5-20-7-9-22(10-8-20)27(21(6-2)15-29)32-19(3)26(17-30-4)23-16-31-33(18-23)25-13-11-24(28)12-14-25/h6,11-14,16-18,20,22H,5,7-10,15,29H2,1-4H3/b21-6-,26-19-,30-17?,32-27+. The van der Waals surface area contributed by atoms with E-state index in [4.69, 9.17) is 10.7 Å². The summed E-state index contributed by atoms with van der Waals surface area (Å²) in [4.78, 5) is 9.43. The van der Waals surface area contributed by atoms with Crippen molar-refractivity contribution in [3.05, 3.63) is 65.4 Å². The van der Waals surface area contributed by atoms with Crippen molar-refractivity contribution in [2.45, 2.75) is 52.9 Å². The van der Waals surface area contributed by atoms with Gasteiger partial charge in [0.05, 0.1) is 11.9 Å². The van der Waals surface area contributed by atoms with Gasteiger partial charge >= 0.3 is 0 Å². The zero-order chi connectivity index (χ0) is 23.8. The minimum Gasteiger partial charge on any atom is -0.326 e. The van der Waals surface area contributed by atoms with Crippen LogP contribution in [-0.2, 0) is 0 Å². The molecule has 0 spiro atoms. The van der Waals surface area contributed by atoms with Crippen LogP contribution in [0.15, 0.2) is 64.0 Å². The Hall–Kier alpha value is -2.86. The number of aromatic nitrogens is 2. The molecule has 3 rings (SSSR count). The molecule has 0 aliphatic heterocycles. The van der Waals surface area contributed by atoms with E-state index in [0.717, 1.165) is 52.6 Å². The molecule has 1 aromatic heterocycles. The monoisotopic (exact) mass is 449 g/mol. The first-order valence-corrected chi connectivity index (χ1v) is 11.9. The Balaban J connectivity index is 1.99. The van der Waals surface area contributed by atoms with E-state index in [0.29, 0.717) is 12.5 Å². The molecule has 1 aliphatic carbocycles. The molecular formula is C27H36FN5. The minimum absolute atomic E-state index is 0.268. The molecule has 0 atom stereocenters. The van der Waals surface area contributed by atoms with Crippen molar-refractivity contribution in [1.29, 1.82) is 0 Å². The Labute approximate surface area is 197 Å². The highest BCUT2D eigenvalue weighted by molar-refractivity contribution is 6.12. The Kier molecular flexibility index (Phi) is 8.89. The van der Waals surface area contributed by atoms with Crippen LogP contribution in [0.5, 0.6) is 0 Å². The summed E-state index contributed by atoms with van der Waals surface area (Å²) in [6, 6.07) is 6.28. The van der Waals surface area contributed by atoms with Gasteiger partial charge in [-0.2, -0.15) is 5.10 Å². The molecule has 1 aliphatic rings. The van der Waals surface area contributed by atoms with Gasteiger partial charge in [0.25, 0.3) is 0 Å². The highest BCUT2D eigenvalue weighted by Crippen LogP contribution is 2.33. The average molecular weight is 450 g/mol. The first-order chi connectivity index (χ1) is 16.0. The summed E-state index contributed by atoms with van der Waals surface area (Å²) in [5.74, 6) is 0.987. The second-order valence-corrected chi connectivity index (χ2v) is 8.68. The smallest absolute Gasteiger partial charge is 0.123 e.